The molecule has 0 aliphatic heterocycles. The minimum Gasteiger partial charge on any atom is -0.506 e. The van der Waals surface area contributed by atoms with Crippen LogP contribution < -0.4 is 10.6 Å². The summed E-state index contributed by atoms with van der Waals surface area (Å²) in [5, 5.41) is 15.5. The summed E-state index contributed by atoms with van der Waals surface area (Å²) in [5.41, 5.74) is 3.21. The van der Waals surface area contributed by atoms with E-state index in [0.717, 1.165) is 11.3 Å². The molecule has 0 fully saturated rings. The fourth-order valence-electron chi connectivity index (χ4n) is 1.98. The topological polar surface area (TPSA) is 74.2 Å². The van der Waals surface area contributed by atoms with Crippen LogP contribution in [0, 0.1) is 6.92 Å². The van der Waals surface area contributed by atoms with Crippen LogP contribution in [-0.2, 0) is 13.1 Å². The standard InChI is InChI=1S/C16H19N3O2/c1-11-3-8-15(20)14(19-11)10-18-9-12-4-6-13(7-5-12)16(21)17-2/h3-8,18,20H,9-10H2,1-2H3,(H,17,21). The van der Waals surface area contributed by atoms with Gasteiger partial charge in [-0.2, -0.15) is 0 Å². The van der Waals surface area contributed by atoms with Crippen molar-refractivity contribution in [2.75, 3.05) is 7.05 Å². The molecule has 0 unspecified atom stereocenters. The van der Waals surface area contributed by atoms with Crippen molar-refractivity contribution in [3.05, 3.63) is 58.9 Å². The number of rotatable bonds is 5. The first-order valence-corrected chi connectivity index (χ1v) is 6.77. The number of carbonyl (C=O) groups is 1. The van der Waals surface area contributed by atoms with Crippen LogP contribution in [-0.4, -0.2) is 23.0 Å². The summed E-state index contributed by atoms with van der Waals surface area (Å²) < 4.78 is 0. The average Bonchev–Trinajstić information content (AvgIpc) is 2.50. The molecule has 1 aromatic heterocycles. The smallest absolute Gasteiger partial charge is 0.251 e. The van der Waals surface area contributed by atoms with Gasteiger partial charge in [-0.15, -0.1) is 0 Å². The lowest BCUT2D eigenvalue weighted by atomic mass is 10.1. The lowest BCUT2D eigenvalue weighted by molar-refractivity contribution is 0.0963. The molecule has 0 spiro atoms. The van der Waals surface area contributed by atoms with Gasteiger partial charge in [-0.3, -0.25) is 9.78 Å². The SMILES string of the molecule is CNC(=O)c1ccc(CNCc2nc(C)ccc2O)cc1. The van der Waals surface area contributed by atoms with Crippen LogP contribution in [0.2, 0.25) is 0 Å². The monoisotopic (exact) mass is 285 g/mol. The number of aromatic nitrogens is 1. The highest BCUT2D eigenvalue weighted by Gasteiger charge is 2.04. The number of carbonyl (C=O) groups excluding carboxylic acids is 1. The van der Waals surface area contributed by atoms with Crippen LogP contribution in [0.1, 0.15) is 27.3 Å². The number of amides is 1. The van der Waals surface area contributed by atoms with Crippen LogP contribution >= 0.6 is 0 Å². The Bertz CT molecular complexity index is 624. The van der Waals surface area contributed by atoms with E-state index in [2.05, 4.69) is 15.6 Å². The highest BCUT2D eigenvalue weighted by molar-refractivity contribution is 5.93. The van der Waals surface area contributed by atoms with E-state index in [-0.39, 0.29) is 11.7 Å². The number of aryl methyl sites for hydroxylation is 1. The summed E-state index contributed by atoms with van der Waals surface area (Å²) >= 11 is 0. The molecule has 5 nitrogen and oxygen atoms in total. The second-order valence-corrected chi connectivity index (χ2v) is 4.80. The highest BCUT2D eigenvalue weighted by atomic mass is 16.3. The molecule has 110 valence electrons. The van der Waals surface area contributed by atoms with E-state index in [9.17, 15) is 9.90 Å². The maximum atomic E-state index is 11.4. The first kappa shape index (κ1) is 15.0. The molecular formula is C16H19N3O2. The van der Waals surface area contributed by atoms with Gasteiger partial charge in [0.25, 0.3) is 5.91 Å². The predicted octanol–water partition coefficient (Wildman–Crippen LogP) is 1.75. The van der Waals surface area contributed by atoms with Crippen molar-refractivity contribution in [2.24, 2.45) is 0 Å². The molecule has 5 heteroatoms. The van der Waals surface area contributed by atoms with Gasteiger partial charge in [0.15, 0.2) is 0 Å². The van der Waals surface area contributed by atoms with Crippen molar-refractivity contribution in [1.29, 1.82) is 0 Å². The Morgan fingerprint density at radius 2 is 1.86 bits per heavy atom. The van der Waals surface area contributed by atoms with Crippen LogP contribution in [0.3, 0.4) is 0 Å². The minimum atomic E-state index is -0.0941. The van der Waals surface area contributed by atoms with E-state index in [1.165, 1.54) is 0 Å². The highest BCUT2D eigenvalue weighted by Crippen LogP contribution is 2.14. The summed E-state index contributed by atoms with van der Waals surface area (Å²) in [4.78, 5) is 15.7. The van der Waals surface area contributed by atoms with E-state index in [1.54, 1.807) is 31.3 Å². The number of benzene rings is 1. The van der Waals surface area contributed by atoms with Crippen LogP contribution in [0.4, 0.5) is 0 Å². The van der Waals surface area contributed by atoms with Crippen molar-refractivity contribution in [1.82, 2.24) is 15.6 Å². The van der Waals surface area contributed by atoms with Gasteiger partial charge in [-0.1, -0.05) is 12.1 Å². The van der Waals surface area contributed by atoms with Gasteiger partial charge in [0, 0.05) is 31.4 Å². The number of pyridine rings is 1. The number of nitrogens with one attached hydrogen (secondary N) is 2. The molecule has 1 heterocycles. The molecule has 21 heavy (non-hydrogen) atoms. The van der Waals surface area contributed by atoms with Gasteiger partial charge in [0.2, 0.25) is 0 Å². The molecule has 0 aliphatic rings. The third-order valence-electron chi connectivity index (χ3n) is 3.15. The summed E-state index contributed by atoms with van der Waals surface area (Å²) in [6.07, 6.45) is 0. The Balaban J connectivity index is 1.91. The molecule has 2 rings (SSSR count). The minimum absolute atomic E-state index is 0.0941. The first-order chi connectivity index (χ1) is 10.1. The molecule has 2 aromatic rings. The quantitative estimate of drug-likeness (QED) is 0.782. The zero-order valence-corrected chi connectivity index (χ0v) is 12.2. The van der Waals surface area contributed by atoms with E-state index >= 15 is 0 Å². The van der Waals surface area contributed by atoms with Gasteiger partial charge >= 0.3 is 0 Å². The summed E-state index contributed by atoms with van der Waals surface area (Å²) in [5.74, 6) is 0.103. The lowest BCUT2D eigenvalue weighted by Gasteiger charge is -2.08. The summed E-state index contributed by atoms with van der Waals surface area (Å²) in [7, 11) is 1.61. The van der Waals surface area contributed by atoms with Crippen molar-refractivity contribution in [3.63, 3.8) is 0 Å². The van der Waals surface area contributed by atoms with Crippen molar-refractivity contribution in [3.8, 4) is 5.75 Å². The van der Waals surface area contributed by atoms with E-state index in [0.29, 0.717) is 24.3 Å². The molecule has 1 aromatic carbocycles. The zero-order valence-electron chi connectivity index (χ0n) is 12.2. The molecule has 1 amide bonds. The largest absolute Gasteiger partial charge is 0.506 e. The molecule has 3 N–H and O–H groups in total. The Morgan fingerprint density at radius 3 is 2.52 bits per heavy atom. The van der Waals surface area contributed by atoms with Gasteiger partial charge in [-0.05, 0) is 36.8 Å². The van der Waals surface area contributed by atoms with Crippen molar-refractivity contribution < 1.29 is 9.90 Å². The average molecular weight is 285 g/mol. The second-order valence-electron chi connectivity index (χ2n) is 4.80. The summed E-state index contributed by atoms with van der Waals surface area (Å²) in [6, 6.07) is 10.8. The second kappa shape index (κ2) is 6.85. The van der Waals surface area contributed by atoms with Crippen LogP contribution in [0.15, 0.2) is 36.4 Å². The maximum absolute atomic E-state index is 11.4. The normalized spacial score (nSPS) is 10.4. The number of nitrogens with zero attached hydrogens (tertiary/aromatic N) is 1. The van der Waals surface area contributed by atoms with E-state index in [1.807, 2.05) is 19.1 Å². The van der Waals surface area contributed by atoms with Crippen molar-refractivity contribution in [2.45, 2.75) is 20.0 Å². The van der Waals surface area contributed by atoms with E-state index < -0.39 is 0 Å². The predicted molar refractivity (Wildman–Crippen MR) is 81.0 cm³/mol. The number of hydrogen-bond donors (Lipinski definition) is 3. The zero-order chi connectivity index (χ0) is 15.2. The molecule has 0 atom stereocenters. The Kier molecular flexibility index (Phi) is 4.90. The Hall–Kier alpha value is -2.40. The third-order valence-corrected chi connectivity index (χ3v) is 3.15. The molecule has 0 bridgehead atoms. The van der Waals surface area contributed by atoms with Gasteiger partial charge in [0.05, 0.1) is 5.69 Å². The Morgan fingerprint density at radius 1 is 1.14 bits per heavy atom. The molecule has 0 saturated heterocycles. The van der Waals surface area contributed by atoms with Gasteiger partial charge < -0.3 is 15.7 Å². The lowest BCUT2D eigenvalue weighted by Crippen LogP contribution is -2.18. The third kappa shape index (κ3) is 4.03. The molecule has 0 saturated carbocycles. The number of aromatic hydroxyl groups is 1. The van der Waals surface area contributed by atoms with E-state index in [4.69, 9.17) is 0 Å². The maximum Gasteiger partial charge on any atom is 0.251 e. The van der Waals surface area contributed by atoms with Crippen LogP contribution in [0.5, 0.6) is 5.75 Å². The van der Waals surface area contributed by atoms with Gasteiger partial charge in [-0.25, -0.2) is 0 Å². The molecule has 0 aliphatic carbocycles. The number of hydrogen-bond acceptors (Lipinski definition) is 4. The summed E-state index contributed by atoms with van der Waals surface area (Å²) in [6.45, 7) is 3.02. The molecular weight excluding hydrogens is 266 g/mol. The Labute approximate surface area is 124 Å². The molecule has 0 radical (unpaired) electrons. The first-order valence-electron chi connectivity index (χ1n) is 6.77. The fraction of sp³-hybridized carbons (Fsp3) is 0.250. The fourth-order valence-corrected chi connectivity index (χ4v) is 1.98. The van der Waals surface area contributed by atoms with Crippen molar-refractivity contribution >= 4 is 5.91 Å². The van der Waals surface area contributed by atoms with Crippen LogP contribution in [0.25, 0.3) is 0 Å². The van der Waals surface area contributed by atoms with Gasteiger partial charge in [0.1, 0.15) is 5.75 Å².